The number of likely N-dealkylation sites (tertiary alicyclic amines) is 1. The summed E-state index contributed by atoms with van der Waals surface area (Å²) in [5.74, 6) is -1.23. The number of amides is 1. The third-order valence-corrected chi connectivity index (χ3v) is 5.30. The van der Waals surface area contributed by atoms with Gasteiger partial charge in [0, 0.05) is 30.4 Å². The molecule has 2 heterocycles. The minimum Gasteiger partial charge on any atom is -0.478 e. The normalized spacial score (nSPS) is 14.9. The van der Waals surface area contributed by atoms with E-state index in [1.54, 1.807) is 36.4 Å². The highest BCUT2D eigenvalue weighted by molar-refractivity contribution is 5.98. The van der Waals surface area contributed by atoms with Gasteiger partial charge in [-0.25, -0.2) is 4.79 Å². The molecule has 148 valence electrons. The van der Waals surface area contributed by atoms with Gasteiger partial charge in [-0.3, -0.25) is 19.6 Å². The maximum atomic E-state index is 13.1. The second-order valence-corrected chi connectivity index (χ2v) is 7.15. The molecule has 1 saturated heterocycles. The summed E-state index contributed by atoms with van der Waals surface area (Å²) in [5, 5.41) is 24.5. The van der Waals surface area contributed by atoms with E-state index in [2.05, 4.69) is 5.10 Å². The van der Waals surface area contributed by atoms with Gasteiger partial charge in [-0.2, -0.15) is 5.10 Å². The minimum absolute atomic E-state index is 0.0124. The minimum atomic E-state index is -1.02. The summed E-state index contributed by atoms with van der Waals surface area (Å²) in [4.78, 5) is 36.7. The van der Waals surface area contributed by atoms with Crippen molar-refractivity contribution in [3.05, 3.63) is 56.4 Å². The second kappa shape index (κ2) is 7.41. The van der Waals surface area contributed by atoms with Gasteiger partial charge in [-0.15, -0.1) is 0 Å². The molecule has 0 spiro atoms. The van der Waals surface area contributed by atoms with Crippen LogP contribution in [0.4, 0.5) is 5.69 Å². The molecule has 3 rings (SSSR count). The van der Waals surface area contributed by atoms with Crippen molar-refractivity contribution in [1.82, 2.24) is 14.7 Å². The Labute approximate surface area is 161 Å². The number of hydrogen-bond donors (Lipinski definition) is 1. The van der Waals surface area contributed by atoms with Crippen molar-refractivity contribution >= 4 is 17.6 Å². The molecule has 0 unspecified atom stereocenters. The summed E-state index contributed by atoms with van der Waals surface area (Å²) >= 11 is 0. The average Bonchev–Trinajstić information content (AvgIpc) is 3.11. The van der Waals surface area contributed by atoms with Crippen LogP contribution in [0.3, 0.4) is 0 Å². The first-order valence-electron chi connectivity index (χ1n) is 9.02. The Morgan fingerprint density at radius 1 is 1.21 bits per heavy atom. The first-order chi connectivity index (χ1) is 13.2. The van der Waals surface area contributed by atoms with E-state index in [0.717, 1.165) is 5.56 Å². The molecule has 1 aromatic carbocycles. The molecule has 9 heteroatoms. The highest BCUT2D eigenvalue weighted by atomic mass is 16.6. The number of carbonyl (C=O) groups is 2. The average molecular weight is 386 g/mol. The number of benzene rings is 1. The summed E-state index contributed by atoms with van der Waals surface area (Å²) < 4.78 is 1.64. The predicted octanol–water partition coefficient (Wildman–Crippen LogP) is 2.89. The van der Waals surface area contributed by atoms with Gasteiger partial charge >= 0.3 is 5.97 Å². The highest BCUT2D eigenvalue weighted by Gasteiger charge is 2.30. The number of nitrogens with zero attached hydrogens (tertiary/aromatic N) is 4. The summed E-state index contributed by atoms with van der Waals surface area (Å²) in [7, 11) is 0. The number of hydrogen-bond acceptors (Lipinski definition) is 5. The van der Waals surface area contributed by atoms with Crippen LogP contribution in [0.2, 0.25) is 0 Å². The molecular weight excluding hydrogens is 364 g/mol. The lowest BCUT2D eigenvalue weighted by Gasteiger charge is -2.32. The van der Waals surface area contributed by atoms with Crippen LogP contribution in [0.5, 0.6) is 0 Å². The lowest BCUT2D eigenvalue weighted by atomic mass is 9.95. The molecule has 0 radical (unpaired) electrons. The van der Waals surface area contributed by atoms with E-state index < -0.39 is 10.9 Å². The fourth-order valence-corrected chi connectivity index (χ4v) is 3.92. The number of aryl methyl sites for hydroxylation is 2. The number of rotatable bonds is 4. The van der Waals surface area contributed by atoms with Crippen LogP contribution < -0.4 is 0 Å². The van der Waals surface area contributed by atoms with Crippen LogP contribution in [-0.2, 0) is 0 Å². The van der Waals surface area contributed by atoms with Crippen molar-refractivity contribution in [2.24, 2.45) is 0 Å². The van der Waals surface area contributed by atoms with E-state index in [-0.39, 0.29) is 23.2 Å². The van der Waals surface area contributed by atoms with Crippen molar-refractivity contribution in [1.29, 1.82) is 0 Å². The number of aromatic carboxylic acids is 1. The maximum absolute atomic E-state index is 13.1. The van der Waals surface area contributed by atoms with Gasteiger partial charge in [0.1, 0.15) is 0 Å². The van der Waals surface area contributed by atoms with E-state index in [4.69, 9.17) is 5.11 Å². The number of carboxylic acids is 1. The Hall–Kier alpha value is -3.23. The van der Waals surface area contributed by atoms with Crippen LogP contribution >= 0.6 is 0 Å². The van der Waals surface area contributed by atoms with Crippen LogP contribution in [0.1, 0.15) is 56.3 Å². The Morgan fingerprint density at radius 2 is 1.86 bits per heavy atom. The zero-order valence-electron chi connectivity index (χ0n) is 16.0. The summed E-state index contributed by atoms with van der Waals surface area (Å²) in [6.07, 6.45) is 4.09. The van der Waals surface area contributed by atoms with Crippen molar-refractivity contribution in [2.45, 2.75) is 39.7 Å². The number of piperidine rings is 1. The number of carboxylic acid groups (broad SMARTS) is 1. The van der Waals surface area contributed by atoms with Gasteiger partial charge in [0.2, 0.25) is 0 Å². The summed E-state index contributed by atoms with van der Waals surface area (Å²) in [5.41, 5.74) is 2.18. The Kier molecular flexibility index (Phi) is 5.17. The topological polar surface area (TPSA) is 119 Å². The lowest BCUT2D eigenvalue weighted by Crippen LogP contribution is -2.39. The molecule has 1 aliphatic rings. The molecule has 2 aromatic rings. The first kappa shape index (κ1) is 19.5. The van der Waals surface area contributed by atoms with Gasteiger partial charge in [0.15, 0.2) is 0 Å². The van der Waals surface area contributed by atoms with Crippen molar-refractivity contribution in [2.75, 3.05) is 13.1 Å². The standard InChI is InChI=1S/C19H22N4O5/c1-11-8-12(2)17(23(27)28)13(3)16(11)18(24)21-6-4-15(5-7-21)22-10-14(9-20-22)19(25)26/h8-10,15H,4-7H2,1-3H3,(H,25,26). The second-order valence-electron chi connectivity index (χ2n) is 7.15. The van der Waals surface area contributed by atoms with E-state index in [1.165, 1.54) is 12.4 Å². The predicted molar refractivity (Wildman–Crippen MR) is 101 cm³/mol. The van der Waals surface area contributed by atoms with Gasteiger partial charge < -0.3 is 10.0 Å². The van der Waals surface area contributed by atoms with Gasteiger partial charge in [-0.1, -0.05) is 0 Å². The molecule has 9 nitrogen and oxygen atoms in total. The number of nitro groups is 1. The molecule has 0 saturated carbocycles. The van der Waals surface area contributed by atoms with Crippen LogP contribution in [0, 0.1) is 30.9 Å². The number of aromatic nitrogens is 2. The van der Waals surface area contributed by atoms with Gasteiger partial charge in [0.25, 0.3) is 11.6 Å². The Balaban J connectivity index is 1.78. The Bertz CT molecular complexity index is 957. The molecule has 1 amide bonds. The molecule has 1 aliphatic heterocycles. The van der Waals surface area contributed by atoms with Crippen LogP contribution in [0.15, 0.2) is 18.5 Å². The molecule has 0 bridgehead atoms. The fourth-order valence-electron chi connectivity index (χ4n) is 3.92. The summed E-state index contributed by atoms with van der Waals surface area (Å²) in [6, 6.07) is 1.70. The monoisotopic (exact) mass is 386 g/mol. The third kappa shape index (κ3) is 3.47. The third-order valence-electron chi connectivity index (χ3n) is 5.30. The molecule has 1 N–H and O–H groups in total. The first-order valence-corrected chi connectivity index (χ1v) is 9.02. The lowest BCUT2D eigenvalue weighted by molar-refractivity contribution is -0.386. The maximum Gasteiger partial charge on any atom is 0.338 e. The summed E-state index contributed by atoms with van der Waals surface area (Å²) in [6.45, 7) is 6.04. The van der Waals surface area contributed by atoms with Gasteiger partial charge in [-0.05, 0) is 45.2 Å². The zero-order chi connectivity index (χ0) is 20.6. The van der Waals surface area contributed by atoms with Crippen molar-refractivity contribution in [3.8, 4) is 0 Å². The molecule has 1 fully saturated rings. The van der Waals surface area contributed by atoms with Crippen molar-refractivity contribution in [3.63, 3.8) is 0 Å². The van der Waals surface area contributed by atoms with Crippen molar-refractivity contribution < 1.29 is 19.6 Å². The van der Waals surface area contributed by atoms with E-state index in [9.17, 15) is 19.7 Å². The largest absolute Gasteiger partial charge is 0.478 e. The SMILES string of the molecule is Cc1cc(C)c([N+](=O)[O-])c(C)c1C(=O)N1CCC(n2cc(C(=O)O)cn2)CC1. The highest BCUT2D eigenvalue weighted by Crippen LogP contribution is 2.31. The van der Waals surface area contributed by atoms with E-state index in [1.807, 2.05) is 0 Å². The molecule has 0 atom stereocenters. The molecule has 1 aromatic heterocycles. The molecule has 0 aliphatic carbocycles. The number of nitro benzene ring substituents is 1. The van der Waals surface area contributed by atoms with Crippen LogP contribution in [-0.4, -0.2) is 49.7 Å². The van der Waals surface area contributed by atoms with E-state index in [0.29, 0.717) is 42.6 Å². The number of carbonyl (C=O) groups excluding carboxylic acids is 1. The quantitative estimate of drug-likeness (QED) is 0.637. The fraction of sp³-hybridized carbons (Fsp3) is 0.421. The van der Waals surface area contributed by atoms with Gasteiger partial charge in [0.05, 0.1) is 28.3 Å². The molecule has 28 heavy (non-hydrogen) atoms. The van der Waals surface area contributed by atoms with Crippen LogP contribution in [0.25, 0.3) is 0 Å². The zero-order valence-corrected chi connectivity index (χ0v) is 16.0. The molecular formula is C19H22N4O5. The smallest absolute Gasteiger partial charge is 0.338 e. The Morgan fingerprint density at radius 3 is 2.39 bits per heavy atom. The van der Waals surface area contributed by atoms with E-state index >= 15 is 0 Å².